The number of nitrogens with zero attached hydrogens (tertiary/aromatic N) is 3. The van der Waals surface area contributed by atoms with Gasteiger partial charge in [0, 0.05) is 25.9 Å². The van der Waals surface area contributed by atoms with Crippen molar-refractivity contribution in [1.82, 2.24) is 20.8 Å². The number of halogens is 1. The topological polar surface area (TPSA) is 93.8 Å². The summed E-state index contributed by atoms with van der Waals surface area (Å²) in [6.07, 6.45) is 0.631. The van der Waals surface area contributed by atoms with Gasteiger partial charge in [-0.05, 0) is 38.5 Å². The molecule has 1 atom stereocenters. The summed E-state index contributed by atoms with van der Waals surface area (Å²) in [5.41, 5.74) is 1.08. The number of aliphatic imine (C=N–C) groups is 1. The molecule has 2 rings (SSSR count). The third-order valence-corrected chi connectivity index (χ3v) is 4.28. The van der Waals surface area contributed by atoms with E-state index in [2.05, 4.69) is 32.7 Å². The maximum absolute atomic E-state index is 5.72. The third kappa shape index (κ3) is 7.66. The van der Waals surface area contributed by atoms with Crippen LogP contribution in [0.25, 0.3) is 0 Å². The molecule has 1 aromatic heterocycles. The van der Waals surface area contributed by atoms with Crippen molar-refractivity contribution in [2.45, 2.75) is 53.0 Å². The van der Waals surface area contributed by atoms with Crippen LogP contribution in [0.15, 0.2) is 27.7 Å². The van der Waals surface area contributed by atoms with E-state index < -0.39 is 0 Å². The molecule has 0 aliphatic heterocycles. The summed E-state index contributed by atoms with van der Waals surface area (Å²) in [7, 11) is 1.75. The molecule has 1 aromatic carbocycles. The second-order valence-corrected chi connectivity index (χ2v) is 6.89. The summed E-state index contributed by atoms with van der Waals surface area (Å²) < 4.78 is 16.6. The molecule has 2 N–H and O–H groups in total. The average Bonchev–Trinajstić information content (AvgIpc) is 3.18. The van der Waals surface area contributed by atoms with Gasteiger partial charge in [0.25, 0.3) is 0 Å². The lowest BCUT2D eigenvalue weighted by molar-refractivity contribution is 0.287. The Morgan fingerprint density at radius 2 is 1.83 bits per heavy atom. The second-order valence-electron chi connectivity index (χ2n) is 6.89. The third-order valence-electron chi connectivity index (χ3n) is 4.28. The molecule has 0 aliphatic carbocycles. The number of rotatable bonds is 10. The Kier molecular flexibility index (Phi) is 11.5. The molecule has 30 heavy (non-hydrogen) atoms. The largest absolute Gasteiger partial charge is 0.490 e. The summed E-state index contributed by atoms with van der Waals surface area (Å²) in [5, 5.41) is 10.7. The monoisotopic (exact) mass is 531 g/mol. The Hall–Kier alpha value is -2.04. The molecule has 0 amide bonds. The SMILES string of the molecule is CCOc1ccc(C(C)NC(=NC)NCCc2nc(C(C)C)no2)cc1OCC.I. The maximum Gasteiger partial charge on any atom is 0.228 e. The van der Waals surface area contributed by atoms with Crippen LogP contribution >= 0.6 is 24.0 Å². The van der Waals surface area contributed by atoms with E-state index in [-0.39, 0.29) is 35.9 Å². The lowest BCUT2D eigenvalue weighted by atomic mass is 10.1. The quantitative estimate of drug-likeness (QED) is 0.271. The smallest absolute Gasteiger partial charge is 0.228 e. The predicted octanol–water partition coefficient (Wildman–Crippen LogP) is 4.08. The zero-order valence-electron chi connectivity index (χ0n) is 18.7. The first-order valence-electron chi connectivity index (χ1n) is 10.2. The number of hydrogen-bond acceptors (Lipinski definition) is 6. The van der Waals surface area contributed by atoms with Crippen molar-refractivity contribution in [3.63, 3.8) is 0 Å². The molecule has 8 nitrogen and oxygen atoms in total. The zero-order chi connectivity index (χ0) is 21.2. The standard InChI is InChI=1S/C21H33N5O3.HI/c1-7-27-17-10-9-16(13-18(17)28-8-2)15(5)24-21(22-6)23-12-11-19-25-20(14(3)4)26-29-19;/h9-10,13-15H,7-8,11-12H2,1-6H3,(H2,22,23,24);1H. The van der Waals surface area contributed by atoms with E-state index in [1.807, 2.05) is 45.9 Å². The van der Waals surface area contributed by atoms with Gasteiger partial charge in [0.2, 0.25) is 5.89 Å². The highest BCUT2D eigenvalue weighted by Gasteiger charge is 2.13. The van der Waals surface area contributed by atoms with Crippen LogP contribution in [0.3, 0.4) is 0 Å². The molecule has 0 spiro atoms. The fraction of sp³-hybridized carbons (Fsp3) is 0.571. The zero-order valence-corrected chi connectivity index (χ0v) is 21.0. The minimum absolute atomic E-state index is 0. The van der Waals surface area contributed by atoms with Crippen LogP contribution in [0.2, 0.25) is 0 Å². The highest BCUT2D eigenvalue weighted by Crippen LogP contribution is 2.30. The Morgan fingerprint density at radius 3 is 2.43 bits per heavy atom. The lowest BCUT2D eigenvalue weighted by Crippen LogP contribution is -2.39. The van der Waals surface area contributed by atoms with E-state index in [4.69, 9.17) is 14.0 Å². The second kappa shape index (κ2) is 13.3. The molecular weight excluding hydrogens is 497 g/mol. The molecular formula is C21H34IN5O3. The number of aromatic nitrogens is 2. The summed E-state index contributed by atoms with van der Waals surface area (Å²) in [4.78, 5) is 8.68. The van der Waals surface area contributed by atoms with E-state index >= 15 is 0 Å². The van der Waals surface area contributed by atoms with Crippen molar-refractivity contribution in [1.29, 1.82) is 0 Å². The van der Waals surface area contributed by atoms with Gasteiger partial charge in [0.1, 0.15) is 0 Å². The van der Waals surface area contributed by atoms with E-state index in [0.717, 1.165) is 22.9 Å². The van der Waals surface area contributed by atoms with Gasteiger partial charge in [-0.15, -0.1) is 24.0 Å². The van der Waals surface area contributed by atoms with Crippen LogP contribution < -0.4 is 20.1 Å². The van der Waals surface area contributed by atoms with Crippen LogP contribution in [0, 0.1) is 0 Å². The van der Waals surface area contributed by atoms with Crippen LogP contribution in [-0.2, 0) is 6.42 Å². The normalized spacial score (nSPS) is 12.3. The fourth-order valence-electron chi connectivity index (χ4n) is 2.71. The van der Waals surface area contributed by atoms with Crippen LogP contribution in [0.5, 0.6) is 11.5 Å². The molecule has 1 unspecified atom stereocenters. The molecule has 0 saturated heterocycles. The van der Waals surface area contributed by atoms with Crippen molar-refractivity contribution in [2.75, 3.05) is 26.8 Å². The van der Waals surface area contributed by atoms with E-state index in [0.29, 0.717) is 38.0 Å². The fourth-order valence-corrected chi connectivity index (χ4v) is 2.71. The number of benzene rings is 1. The Balaban J connectivity index is 0.00000450. The van der Waals surface area contributed by atoms with Gasteiger partial charge in [0.15, 0.2) is 23.3 Å². The molecule has 0 bridgehead atoms. The first kappa shape index (κ1) is 26.0. The van der Waals surface area contributed by atoms with Crippen molar-refractivity contribution in [2.24, 2.45) is 4.99 Å². The summed E-state index contributed by atoms with van der Waals surface area (Å²) in [6, 6.07) is 6.02. The Morgan fingerprint density at radius 1 is 1.13 bits per heavy atom. The number of nitrogens with one attached hydrogen (secondary N) is 2. The van der Waals surface area contributed by atoms with Gasteiger partial charge >= 0.3 is 0 Å². The first-order valence-corrected chi connectivity index (χ1v) is 10.2. The van der Waals surface area contributed by atoms with Crippen molar-refractivity contribution >= 4 is 29.9 Å². The molecule has 0 saturated carbocycles. The van der Waals surface area contributed by atoms with Crippen LogP contribution in [0.1, 0.15) is 63.9 Å². The number of guanidine groups is 1. The van der Waals surface area contributed by atoms with Gasteiger partial charge in [-0.25, -0.2) is 0 Å². The van der Waals surface area contributed by atoms with Crippen molar-refractivity contribution in [3.8, 4) is 11.5 Å². The number of ether oxygens (including phenoxy) is 2. The summed E-state index contributed by atoms with van der Waals surface area (Å²) in [5.74, 6) is 3.82. The van der Waals surface area contributed by atoms with Gasteiger partial charge in [0.05, 0.1) is 19.3 Å². The average molecular weight is 531 g/mol. The lowest BCUT2D eigenvalue weighted by Gasteiger charge is -2.20. The van der Waals surface area contributed by atoms with Gasteiger partial charge in [-0.1, -0.05) is 25.1 Å². The van der Waals surface area contributed by atoms with Gasteiger partial charge < -0.3 is 24.6 Å². The van der Waals surface area contributed by atoms with E-state index in [9.17, 15) is 0 Å². The minimum atomic E-state index is 0. The molecule has 168 valence electrons. The maximum atomic E-state index is 5.72. The van der Waals surface area contributed by atoms with Crippen molar-refractivity contribution < 1.29 is 14.0 Å². The van der Waals surface area contributed by atoms with Gasteiger partial charge in [-0.3, -0.25) is 4.99 Å². The highest BCUT2D eigenvalue weighted by molar-refractivity contribution is 14.0. The molecule has 0 radical (unpaired) electrons. The van der Waals surface area contributed by atoms with Crippen molar-refractivity contribution in [3.05, 3.63) is 35.5 Å². The minimum Gasteiger partial charge on any atom is -0.490 e. The highest BCUT2D eigenvalue weighted by atomic mass is 127. The van der Waals surface area contributed by atoms with Gasteiger partial charge in [-0.2, -0.15) is 4.98 Å². The Labute approximate surface area is 196 Å². The van der Waals surface area contributed by atoms with Crippen LogP contribution in [0.4, 0.5) is 0 Å². The summed E-state index contributed by atoms with van der Waals surface area (Å²) in [6.45, 7) is 11.9. The van der Waals surface area contributed by atoms with E-state index in [1.165, 1.54) is 0 Å². The molecule has 1 heterocycles. The molecule has 0 fully saturated rings. The molecule has 0 aliphatic rings. The first-order chi connectivity index (χ1) is 14.0. The van der Waals surface area contributed by atoms with E-state index in [1.54, 1.807) is 7.05 Å². The predicted molar refractivity (Wildman–Crippen MR) is 129 cm³/mol. The molecule has 2 aromatic rings. The Bertz CT molecular complexity index is 795. The summed E-state index contributed by atoms with van der Waals surface area (Å²) >= 11 is 0. The molecule has 9 heteroatoms. The van der Waals surface area contributed by atoms with Crippen LogP contribution in [-0.4, -0.2) is 42.9 Å². The number of hydrogen-bond donors (Lipinski definition) is 2.